The number of allylic oxidation sites excluding steroid dienone is 2. The standard InChI is InChI=1S/C10H14N2/c11-6-9-8-4-2-1-3-7(8)5-10(9)12/h7-8H,1-5,12H2/t7-,8+/m1/s1. The number of nitriles is 1. The fourth-order valence-electron chi connectivity index (χ4n) is 2.62. The van der Waals surface area contributed by atoms with Crippen molar-refractivity contribution in [2.45, 2.75) is 32.1 Å². The molecule has 0 bridgehead atoms. The highest BCUT2D eigenvalue weighted by Gasteiger charge is 2.35. The molecule has 2 nitrogen and oxygen atoms in total. The van der Waals surface area contributed by atoms with E-state index in [4.69, 9.17) is 11.0 Å². The molecule has 2 atom stereocenters. The second-order valence-electron chi connectivity index (χ2n) is 3.91. The molecule has 2 aliphatic rings. The van der Waals surface area contributed by atoms with E-state index in [1.165, 1.54) is 25.7 Å². The number of rotatable bonds is 0. The van der Waals surface area contributed by atoms with E-state index in [9.17, 15) is 0 Å². The van der Waals surface area contributed by atoms with Gasteiger partial charge in [-0.15, -0.1) is 0 Å². The lowest BCUT2D eigenvalue weighted by atomic mass is 9.79. The molecule has 2 rings (SSSR count). The van der Waals surface area contributed by atoms with E-state index >= 15 is 0 Å². The first-order chi connectivity index (χ1) is 5.83. The van der Waals surface area contributed by atoms with Crippen LogP contribution in [0, 0.1) is 23.2 Å². The van der Waals surface area contributed by atoms with E-state index in [2.05, 4.69) is 6.07 Å². The van der Waals surface area contributed by atoms with Crippen LogP contribution in [0.5, 0.6) is 0 Å². The normalized spacial score (nSPS) is 34.6. The Morgan fingerprint density at radius 2 is 2.08 bits per heavy atom. The summed E-state index contributed by atoms with van der Waals surface area (Å²) in [5, 5.41) is 8.89. The maximum absolute atomic E-state index is 8.89. The first-order valence-electron chi connectivity index (χ1n) is 4.71. The molecule has 12 heavy (non-hydrogen) atoms. The molecule has 0 aromatic heterocycles. The Hall–Kier alpha value is -0.970. The Morgan fingerprint density at radius 3 is 2.83 bits per heavy atom. The molecular weight excluding hydrogens is 148 g/mol. The summed E-state index contributed by atoms with van der Waals surface area (Å²) in [5.74, 6) is 1.22. The molecule has 2 heteroatoms. The van der Waals surface area contributed by atoms with Gasteiger partial charge in [0.2, 0.25) is 0 Å². The molecule has 0 saturated heterocycles. The maximum atomic E-state index is 8.89. The third kappa shape index (κ3) is 1.01. The van der Waals surface area contributed by atoms with Crippen molar-refractivity contribution in [2.75, 3.05) is 0 Å². The zero-order valence-electron chi connectivity index (χ0n) is 7.21. The van der Waals surface area contributed by atoms with Crippen LogP contribution in [0.2, 0.25) is 0 Å². The Balaban J connectivity index is 2.22. The predicted molar refractivity (Wildman–Crippen MR) is 46.9 cm³/mol. The average Bonchev–Trinajstić information content (AvgIpc) is 2.40. The van der Waals surface area contributed by atoms with Gasteiger partial charge in [-0.3, -0.25) is 0 Å². The molecule has 1 fully saturated rings. The molecule has 0 aromatic rings. The highest BCUT2D eigenvalue weighted by Crippen LogP contribution is 2.43. The van der Waals surface area contributed by atoms with Gasteiger partial charge in [0.05, 0.1) is 11.6 Å². The SMILES string of the molecule is N#CC1=C(N)C[C@H]2CCCC[C@H]12. The Morgan fingerprint density at radius 1 is 1.33 bits per heavy atom. The summed E-state index contributed by atoms with van der Waals surface area (Å²) in [6, 6.07) is 2.27. The van der Waals surface area contributed by atoms with Crippen molar-refractivity contribution < 1.29 is 0 Å². The Labute approximate surface area is 73.1 Å². The summed E-state index contributed by atoms with van der Waals surface area (Å²) in [7, 11) is 0. The zero-order chi connectivity index (χ0) is 8.55. The second-order valence-corrected chi connectivity index (χ2v) is 3.91. The molecule has 1 saturated carbocycles. The fraction of sp³-hybridized carbons (Fsp3) is 0.700. The van der Waals surface area contributed by atoms with Crippen molar-refractivity contribution in [3.8, 4) is 6.07 Å². The van der Waals surface area contributed by atoms with Crippen LogP contribution in [0.4, 0.5) is 0 Å². The minimum Gasteiger partial charge on any atom is -0.401 e. The molecule has 0 radical (unpaired) electrons. The van der Waals surface area contributed by atoms with Crippen LogP contribution in [-0.4, -0.2) is 0 Å². The largest absolute Gasteiger partial charge is 0.401 e. The van der Waals surface area contributed by atoms with E-state index in [0.717, 1.165) is 17.7 Å². The first kappa shape index (κ1) is 7.67. The van der Waals surface area contributed by atoms with Crippen molar-refractivity contribution in [1.29, 1.82) is 5.26 Å². The van der Waals surface area contributed by atoms with E-state index in [1.54, 1.807) is 0 Å². The highest BCUT2D eigenvalue weighted by atomic mass is 14.6. The van der Waals surface area contributed by atoms with Crippen LogP contribution < -0.4 is 5.73 Å². The average molecular weight is 162 g/mol. The number of hydrogen-bond donors (Lipinski definition) is 1. The molecule has 2 N–H and O–H groups in total. The van der Waals surface area contributed by atoms with Crippen molar-refractivity contribution >= 4 is 0 Å². The molecule has 2 aliphatic carbocycles. The van der Waals surface area contributed by atoms with Crippen LogP contribution in [0.25, 0.3) is 0 Å². The Kier molecular flexibility index (Phi) is 1.80. The third-order valence-corrected chi connectivity index (χ3v) is 3.23. The topological polar surface area (TPSA) is 49.8 Å². The number of fused-ring (bicyclic) bond motifs is 1. The van der Waals surface area contributed by atoms with E-state index in [1.807, 2.05) is 0 Å². The summed E-state index contributed by atoms with van der Waals surface area (Å²) in [4.78, 5) is 0. The third-order valence-electron chi connectivity index (χ3n) is 3.23. The van der Waals surface area contributed by atoms with Crippen molar-refractivity contribution in [3.63, 3.8) is 0 Å². The lowest BCUT2D eigenvalue weighted by Gasteiger charge is -2.25. The van der Waals surface area contributed by atoms with Gasteiger partial charge < -0.3 is 5.73 Å². The number of nitrogens with two attached hydrogens (primary N) is 1. The quantitative estimate of drug-likeness (QED) is 0.591. The maximum Gasteiger partial charge on any atom is 0.0968 e. The minimum atomic E-state index is 0.517. The van der Waals surface area contributed by atoms with Crippen LogP contribution in [-0.2, 0) is 0 Å². The first-order valence-corrected chi connectivity index (χ1v) is 4.71. The van der Waals surface area contributed by atoms with Gasteiger partial charge in [0.15, 0.2) is 0 Å². The summed E-state index contributed by atoms with van der Waals surface area (Å²) in [6.07, 6.45) is 6.05. The molecule has 0 aliphatic heterocycles. The monoisotopic (exact) mass is 162 g/mol. The van der Waals surface area contributed by atoms with Gasteiger partial charge in [-0.1, -0.05) is 12.8 Å². The van der Waals surface area contributed by atoms with Gasteiger partial charge in [0.25, 0.3) is 0 Å². The van der Waals surface area contributed by atoms with Gasteiger partial charge in [0.1, 0.15) is 0 Å². The van der Waals surface area contributed by atoms with Crippen LogP contribution in [0.1, 0.15) is 32.1 Å². The predicted octanol–water partition coefficient (Wildman–Crippen LogP) is 1.93. The highest BCUT2D eigenvalue weighted by molar-refractivity contribution is 5.34. The molecule has 0 heterocycles. The van der Waals surface area contributed by atoms with E-state index < -0.39 is 0 Å². The van der Waals surface area contributed by atoms with Gasteiger partial charge in [-0.2, -0.15) is 5.26 Å². The Bertz CT molecular complexity index is 260. The van der Waals surface area contributed by atoms with Crippen molar-refractivity contribution in [3.05, 3.63) is 11.3 Å². The van der Waals surface area contributed by atoms with Crippen LogP contribution >= 0.6 is 0 Å². The summed E-state index contributed by atoms with van der Waals surface area (Å²) in [6.45, 7) is 0. The number of nitrogens with zero attached hydrogens (tertiary/aromatic N) is 1. The van der Waals surface area contributed by atoms with Crippen molar-refractivity contribution in [2.24, 2.45) is 17.6 Å². The molecule has 0 unspecified atom stereocenters. The fourth-order valence-corrected chi connectivity index (χ4v) is 2.62. The smallest absolute Gasteiger partial charge is 0.0968 e. The molecule has 0 aromatic carbocycles. The van der Waals surface area contributed by atoms with Gasteiger partial charge >= 0.3 is 0 Å². The molecule has 64 valence electrons. The van der Waals surface area contributed by atoms with Gasteiger partial charge in [-0.05, 0) is 31.1 Å². The summed E-state index contributed by atoms with van der Waals surface area (Å²) < 4.78 is 0. The van der Waals surface area contributed by atoms with E-state index in [0.29, 0.717) is 11.8 Å². The van der Waals surface area contributed by atoms with Gasteiger partial charge in [0, 0.05) is 5.70 Å². The minimum absolute atomic E-state index is 0.517. The van der Waals surface area contributed by atoms with Gasteiger partial charge in [-0.25, -0.2) is 0 Å². The second kappa shape index (κ2) is 2.82. The van der Waals surface area contributed by atoms with Crippen LogP contribution in [0.15, 0.2) is 11.3 Å². The van der Waals surface area contributed by atoms with Crippen molar-refractivity contribution in [1.82, 2.24) is 0 Å². The van der Waals surface area contributed by atoms with Crippen LogP contribution in [0.3, 0.4) is 0 Å². The molecule has 0 amide bonds. The summed E-state index contributed by atoms with van der Waals surface area (Å²) >= 11 is 0. The lowest BCUT2D eigenvalue weighted by molar-refractivity contribution is 0.297. The number of hydrogen-bond acceptors (Lipinski definition) is 2. The zero-order valence-corrected chi connectivity index (χ0v) is 7.21. The lowest BCUT2D eigenvalue weighted by Crippen LogP contribution is -2.15. The summed E-state index contributed by atoms with van der Waals surface area (Å²) in [5.41, 5.74) is 7.58. The van der Waals surface area contributed by atoms with E-state index in [-0.39, 0.29) is 0 Å². The molecular formula is C10H14N2. The molecule has 0 spiro atoms.